The van der Waals surface area contributed by atoms with Crippen molar-refractivity contribution in [3.8, 4) is 0 Å². The molecule has 1 heterocycles. The van der Waals surface area contributed by atoms with E-state index >= 15 is 0 Å². The molecule has 90 valence electrons. The van der Waals surface area contributed by atoms with E-state index in [4.69, 9.17) is 28.9 Å². The molecular weight excluding hydrogens is 273 g/mol. The Morgan fingerprint density at radius 2 is 1.82 bits per heavy atom. The van der Waals surface area contributed by atoms with Gasteiger partial charge in [0.15, 0.2) is 0 Å². The molecule has 0 aliphatic heterocycles. The topological polar surface area (TPSA) is 26.0 Å². The lowest BCUT2D eigenvalue weighted by atomic mass is 10.0. The van der Waals surface area contributed by atoms with Crippen LogP contribution in [0.15, 0.2) is 24.3 Å². The molecule has 1 atom stereocenters. The summed E-state index contributed by atoms with van der Waals surface area (Å²) in [5.74, 6) is 0. The van der Waals surface area contributed by atoms with Crippen LogP contribution in [0.5, 0.6) is 0 Å². The third-order valence-electron chi connectivity index (χ3n) is 2.72. The van der Waals surface area contributed by atoms with Crippen molar-refractivity contribution in [2.24, 2.45) is 5.73 Å². The summed E-state index contributed by atoms with van der Waals surface area (Å²) < 4.78 is 0. The van der Waals surface area contributed by atoms with Gasteiger partial charge in [-0.15, -0.1) is 11.3 Å². The second kappa shape index (κ2) is 4.99. The number of thiophene rings is 1. The molecule has 1 nitrogen and oxygen atoms in total. The van der Waals surface area contributed by atoms with Crippen LogP contribution >= 0.6 is 34.5 Å². The Kier molecular flexibility index (Phi) is 3.79. The van der Waals surface area contributed by atoms with Gasteiger partial charge < -0.3 is 5.73 Å². The van der Waals surface area contributed by atoms with Gasteiger partial charge in [-0.1, -0.05) is 29.3 Å². The maximum absolute atomic E-state index is 6.25. The standard InChI is InChI=1S/C13H13Cl2NS/c1-7-5-10(8(2)17-7)13(16)9-3-4-11(14)12(15)6-9/h3-6,13H,16H2,1-2H3. The number of benzene rings is 1. The molecule has 1 unspecified atom stereocenters. The molecule has 0 spiro atoms. The Bertz CT molecular complexity index is 548. The predicted octanol–water partition coefficient (Wildman–Crippen LogP) is 4.72. The Hall–Kier alpha value is -0.540. The van der Waals surface area contributed by atoms with Gasteiger partial charge >= 0.3 is 0 Å². The van der Waals surface area contributed by atoms with Gasteiger partial charge in [-0.3, -0.25) is 0 Å². The molecule has 2 aromatic rings. The average molecular weight is 286 g/mol. The lowest BCUT2D eigenvalue weighted by molar-refractivity contribution is 0.869. The number of nitrogens with two attached hydrogens (primary N) is 1. The molecule has 0 fully saturated rings. The van der Waals surface area contributed by atoms with Crippen molar-refractivity contribution in [2.75, 3.05) is 0 Å². The first kappa shape index (κ1) is 12.9. The van der Waals surface area contributed by atoms with E-state index in [-0.39, 0.29) is 6.04 Å². The molecule has 1 aromatic heterocycles. The van der Waals surface area contributed by atoms with Crippen molar-refractivity contribution in [3.05, 3.63) is 55.2 Å². The Balaban J connectivity index is 2.40. The molecular formula is C13H13Cl2NS. The second-order valence-corrected chi connectivity index (χ2v) is 6.29. The van der Waals surface area contributed by atoms with E-state index in [2.05, 4.69) is 19.9 Å². The minimum Gasteiger partial charge on any atom is -0.320 e. The highest BCUT2D eigenvalue weighted by molar-refractivity contribution is 7.12. The molecule has 1 aromatic carbocycles. The zero-order valence-electron chi connectivity index (χ0n) is 9.63. The van der Waals surface area contributed by atoms with Gasteiger partial charge in [-0.25, -0.2) is 0 Å². The van der Waals surface area contributed by atoms with Gasteiger partial charge in [-0.2, -0.15) is 0 Å². The van der Waals surface area contributed by atoms with Crippen LogP contribution in [-0.2, 0) is 0 Å². The monoisotopic (exact) mass is 285 g/mol. The van der Waals surface area contributed by atoms with Crippen molar-refractivity contribution in [1.29, 1.82) is 0 Å². The van der Waals surface area contributed by atoms with Crippen LogP contribution < -0.4 is 5.73 Å². The Labute approximate surface area is 115 Å². The molecule has 0 aliphatic rings. The highest BCUT2D eigenvalue weighted by Gasteiger charge is 2.14. The quantitative estimate of drug-likeness (QED) is 0.849. The number of aryl methyl sites for hydroxylation is 2. The first-order valence-electron chi connectivity index (χ1n) is 5.26. The van der Waals surface area contributed by atoms with Gasteiger partial charge in [-0.05, 0) is 43.2 Å². The number of hydrogen-bond acceptors (Lipinski definition) is 2. The van der Waals surface area contributed by atoms with E-state index in [1.165, 1.54) is 9.75 Å². The Morgan fingerprint density at radius 3 is 2.35 bits per heavy atom. The largest absolute Gasteiger partial charge is 0.320 e. The smallest absolute Gasteiger partial charge is 0.0595 e. The van der Waals surface area contributed by atoms with E-state index < -0.39 is 0 Å². The van der Waals surface area contributed by atoms with Gasteiger partial charge in [0.25, 0.3) is 0 Å². The van der Waals surface area contributed by atoms with Gasteiger partial charge in [0.05, 0.1) is 16.1 Å². The van der Waals surface area contributed by atoms with E-state index in [0.29, 0.717) is 10.0 Å². The zero-order chi connectivity index (χ0) is 12.6. The zero-order valence-corrected chi connectivity index (χ0v) is 12.0. The Morgan fingerprint density at radius 1 is 1.12 bits per heavy atom. The fraction of sp³-hybridized carbons (Fsp3) is 0.231. The highest BCUT2D eigenvalue weighted by atomic mass is 35.5. The first-order valence-corrected chi connectivity index (χ1v) is 6.83. The van der Waals surface area contributed by atoms with Crippen LogP contribution in [-0.4, -0.2) is 0 Å². The highest BCUT2D eigenvalue weighted by Crippen LogP contribution is 2.31. The van der Waals surface area contributed by atoms with Crippen molar-refractivity contribution in [3.63, 3.8) is 0 Å². The summed E-state index contributed by atoms with van der Waals surface area (Å²) >= 11 is 13.7. The fourth-order valence-corrected chi connectivity index (χ4v) is 3.12. The summed E-state index contributed by atoms with van der Waals surface area (Å²) in [6, 6.07) is 7.53. The van der Waals surface area contributed by atoms with Crippen molar-refractivity contribution in [2.45, 2.75) is 19.9 Å². The molecule has 0 amide bonds. The van der Waals surface area contributed by atoms with Crippen LogP contribution in [0, 0.1) is 13.8 Å². The van der Waals surface area contributed by atoms with E-state index in [9.17, 15) is 0 Å². The summed E-state index contributed by atoms with van der Waals surface area (Å²) in [6.45, 7) is 4.17. The fourth-order valence-electron chi connectivity index (χ4n) is 1.84. The molecule has 0 radical (unpaired) electrons. The van der Waals surface area contributed by atoms with Gasteiger partial charge in [0, 0.05) is 9.75 Å². The molecule has 0 saturated heterocycles. The van der Waals surface area contributed by atoms with Gasteiger partial charge in [0.2, 0.25) is 0 Å². The van der Waals surface area contributed by atoms with E-state index in [0.717, 1.165) is 11.1 Å². The maximum Gasteiger partial charge on any atom is 0.0595 e. The molecule has 0 aliphatic carbocycles. The van der Waals surface area contributed by atoms with Crippen LogP contribution in [0.25, 0.3) is 0 Å². The first-order chi connectivity index (χ1) is 7.99. The van der Waals surface area contributed by atoms with E-state index in [1.54, 1.807) is 17.4 Å². The predicted molar refractivity (Wildman–Crippen MR) is 76.3 cm³/mol. The minimum atomic E-state index is -0.144. The summed E-state index contributed by atoms with van der Waals surface area (Å²) in [6.07, 6.45) is 0. The summed E-state index contributed by atoms with van der Waals surface area (Å²) in [4.78, 5) is 2.52. The van der Waals surface area contributed by atoms with Crippen molar-refractivity contribution in [1.82, 2.24) is 0 Å². The number of halogens is 2. The second-order valence-electron chi connectivity index (χ2n) is 4.02. The van der Waals surface area contributed by atoms with E-state index in [1.807, 2.05) is 12.1 Å². The summed E-state index contributed by atoms with van der Waals surface area (Å²) in [5, 5.41) is 1.10. The molecule has 0 bridgehead atoms. The SMILES string of the molecule is Cc1cc(C(N)c2ccc(Cl)c(Cl)c2)c(C)s1. The molecule has 4 heteroatoms. The lowest BCUT2D eigenvalue weighted by Crippen LogP contribution is -2.11. The molecule has 0 saturated carbocycles. The lowest BCUT2D eigenvalue weighted by Gasteiger charge is -2.12. The molecule has 2 rings (SSSR count). The third-order valence-corrected chi connectivity index (χ3v) is 4.44. The van der Waals surface area contributed by atoms with Crippen LogP contribution in [0.4, 0.5) is 0 Å². The van der Waals surface area contributed by atoms with Crippen LogP contribution in [0.2, 0.25) is 10.0 Å². The number of rotatable bonds is 2. The number of hydrogen-bond donors (Lipinski definition) is 1. The normalized spacial score (nSPS) is 12.8. The molecule has 17 heavy (non-hydrogen) atoms. The average Bonchev–Trinajstić information content (AvgIpc) is 2.61. The van der Waals surface area contributed by atoms with Crippen molar-refractivity contribution < 1.29 is 0 Å². The maximum atomic E-state index is 6.25. The summed E-state index contributed by atoms with van der Waals surface area (Å²) in [5.41, 5.74) is 8.40. The van der Waals surface area contributed by atoms with Gasteiger partial charge in [0.1, 0.15) is 0 Å². The van der Waals surface area contributed by atoms with Crippen molar-refractivity contribution >= 4 is 34.5 Å². The van der Waals surface area contributed by atoms with Crippen LogP contribution in [0.1, 0.15) is 26.9 Å². The molecule has 2 N–H and O–H groups in total. The van der Waals surface area contributed by atoms with Crippen LogP contribution in [0.3, 0.4) is 0 Å². The minimum absolute atomic E-state index is 0.144. The summed E-state index contributed by atoms with van der Waals surface area (Å²) in [7, 11) is 0. The third kappa shape index (κ3) is 2.66.